The number of rotatable bonds is 4. The number of thiophene rings is 1. The monoisotopic (exact) mass is 338 g/mol. The highest BCUT2D eigenvalue weighted by Gasteiger charge is 2.07. The Morgan fingerprint density at radius 2 is 2.00 bits per heavy atom. The standard InChI is InChI=1S/C14H15BrN2OS/c1-17(2)12-5-3-10(4-6-12)8-16-14(18)11-7-13(15)19-9-11/h3-7,9H,8H2,1-2H3,(H,16,18). The van der Waals surface area contributed by atoms with Crippen molar-refractivity contribution in [2.75, 3.05) is 19.0 Å². The van der Waals surface area contributed by atoms with Crippen LogP contribution in [0.2, 0.25) is 0 Å². The van der Waals surface area contributed by atoms with E-state index in [0.717, 1.165) is 15.0 Å². The molecule has 1 N–H and O–H groups in total. The molecule has 0 radical (unpaired) electrons. The number of halogens is 1. The summed E-state index contributed by atoms with van der Waals surface area (Å²) in [5.41, 5.74) is 2.94. The number of amides is 1. The first-order valence-corrected chi connectivity index (χ1v) is 7.52. The first-order chi connectivity index (χ1) is 9.06. The fourth-order valence-electron chi connectivity index (χ4n) is 1.63. The molecule has 19 heavy (non-hydrogen) atoms. The molecule has 0 aliphatic carbocycles. The van der Waals surface area contributed by atoms with E-state index in [0.29, 0.717) is 12.1 Å². The quantitative estimate of drug-likeness (QED) is 0.925. The van der Waals surface area contributed by atoms with Crippen LogP contribution in [-0.2, 0) is 6.54 Å². The molecule has 1 aromatic carbocycles. The van der Waals surface area contributed by atoms with E-state index in [1.54, 1.807) is 0 Å². The third-order valence-corrected chi connectivity index (χ3v) is 4.24. The first kappa shape index (κ1) is 14.1. The molecule has 0 aliphatic heterocycles. The van der Waals surface area contributed by atoms with E-state index in [4.69, 9.17) is 0 Å². The van der Waals surface area contributed by atoms with Crippen molar-refractivity contribution in [3.05, 3.63) is 50.6 Å². The summed E-state index contributed by atoms with van der Waals surface area (Å²) in [5, 5.41) is 4.75. The highest BCUT2D eigenvalue weighted by molar-refractivity contribution is 9.11. The van der Waals surface area contributed by atoms with Gasteiger partial charge in [-0.3, -0.25) is 4.79 Å². The van der Waals surface area contributed by atoms with Gasteiger partial charge in [0.1, 0.15) is 0 Å². The molecule has 0 spiro atoms. The topological polar surface area (TPSA) is 32.3 Å². The van der Waals surface area contributed by atoms with Crippen molar-refractivity contribution in [2.24, 2.45) is 0 Å². The lowest BCUT2D eigenvalue weighted by Gasteiger charge is -2.12. The second-order valence-electron chi connectivity index (χ2n) is 4.38. The predicted octanol–water partition coefficient (Wildman–Crippen LogP) is 3.51. The molecule has 0 fully saturated rings. The summed E-state index contributed by atoms with van der Waals surface area (Å²) < 4.78 is 0.966. The molecule has 1 amide bonds. The lowest BCUT2D eigenvalue weighted by atomic mass is 10.2. The van der Waals surface area contributed by atoms with Gasteiger partial charge in [-0.2, -0.15) is 0 Å². The van der Waals surface area contributed by atoms with Gasteiger partial charge in [0.15, 0.2) is 0 Å². The summed E-state index contributed by atoms with van der Waals surface area (Å²) >= 11 is 4.86. The number of hydrogen-bond acceptors (Lipinski definition) is 3. The average molecular weight is 339 g/mol. The summed E-state index contributed by atoms with van der Waals surface area (Å²) in [4.78, 5) is 13.9. The van der Waals surface area contributed by atoms with E-state index in [-0.39, 0.29) is 5.91 Å². The largest absolute Gasteiger partial charge is 0.378 e. The van der Waals surface area contributed by atoms with Crippen LogP contribution in [0.1, 0.15) is 15.9 Å². The van der Waals surface area contributed by atoms with Gasteiger partial charge in [0.2, 0.25) is 0 Å². The average Bonchev–Trinajstić information content (AvgIpc) is 2.83. The van der Waals surface area contributed by atoms with Crippen molar-refractivity contribution in [1.29, 1.82) is 0 Å². The zero-order valence-electron chi connectivity index (χ0n) is 10.8. The van der Waals surface area contributed by atoms with Gasteiger partial charge >= 0.3 is 0 Å². The summed E-state index contributed by atoms with van der Waals surface area (Å²) in [6.45, 7) is 0.542. The molecule has 100 valence electrons. The molecule has 2 aromatic rings. The van der Waals surface area contributed by atoms with Crippen LogP contribution < -0.4 is 10.2 Å². The number of benzene rings is 1. The van der Waals surface area contributed by atoms with Crippen LogP contribution in [0.3, 0.4) is 0 Å². The second-order valence-corrected chi connectivity index (χ2v) is 6.67. The van der Waals surface area contributed by atoms with Crippen molar-refractivity contribution < 1.29 is 4.79 Å². The number of carbonyl (C=O) groups is 1. The Morgan fingerprint density at radius 1 is 1.32 bits per heavy atom. The van der Waals surface area contributed by atoms with Crippen molar-refractivity contribution >= 4 is 38.9 Å². The van der Waals surface area contributed by atoms with E-state index in [1.807, 2.05) is 54.7 Å². The van der Waals surface area contributed by atoms with Gasteiger partial charge in [0.25, 0.3) is 5.91 Å². The summed E-state index contributed by atoms with van der Waals surface area (Å²) in [6, 6.07) is 9.97. The zero-order valence-corrected chi connectivity index (χ0v) is 13.2. The minimum atomic E-state index is -0.0429. The van der Waals surface area contributed by atoms with E-state index in [9.17, 15) is 4.79 Å². The normalized spacial score (nSPS) is 10.3. The van der Waals surface area contributed by atoms with Crippen molar-refractivity contribution in [3.63, 3.8) is 0 Å². The minimum absolute atomic E-state index is 0.0429. The Labute approximate surface area is 125 Å². The molecule has 2 rings (SSSR count). The molecule has 0 aliphatic rings. The molecule has 5 heteroatoms. The molecular weight excluding hydrogens is 324 g/mol. The molecular formula is C14H15BrN2OS. The number of hydrogen-bond donors (Lipinski definition) is 1. The Bertz CT molecular complexity index is 563. The van der Waals surface area contributed by atoms with Crippen LogP contribution in [0.25, 0.3) is 0 Å². The Balaban J connectivity index is 1.93. The van der Waals surface area contributed by atoms with Crippen molar-refractivity contribution in [3.8, 4) is 0 Å². The van der Waals surface area contributed by atoms with Crippen molar-refractivity contribution in [1.82, 2.24) is 5.32 Å². The maximum absolute atomic E-state index is 11.9. The molecule has 0 unspecified atom stereocenters. The lowest BCUT2D eigenvalue weighted by Crippen LogP contribution is -2.22. The molecule has 1 heterocycles. The number of carbonyl (C=O) groups excluding carboxylic acids is 1. The van der Waals surface area contributed by atoms with E-state index in [2.05, 4.69) is 21.2 Å². The van der Waals surface area contributed by atoms with Crippen LogP contribution in [0.4, 0.5) is 5.69 Å². The highest BCUT2D eigenvalue weighted by Crippen LogP contribution is 2.20. The molecule has 0 bridgehead atoms. The minimum Gasteiger partial charge on any atom is -0.378 e. The Hall–Kier alpha value is -1.33. The first-order valence-electron chi connectivity index (χ1n) is 5.85. The molecule has 0 saturated carbocycles. The van der Waals surface area contributed by atoms with Crippen LogP contribution >= 0.6 is 27.3 Å². The molecule has 0 atom stereocenters. The van der Waals surface area contributed by atoms with Gasteiger partial charge in [0, 0.05) is 31.7 Å². The molecule has 1 aromatic heterocycles. The van der Waals surface area contributed by atoms with Gasteiger partial charge in [-0.1, -0.05) is 12.1 Å². The van der Waals surface area contributed by atoms with Crippen LogP contribution in [0, 0.1) is 0 Å². The maximum atomic E-state index is 11.9. The fourth-order valence-corrected chi connectivity index (χ4v) is 2.76. The second kappa shape index (κ2) is 6.21. The SMILES string of the molecule is CN(C)c1ccc(CNC(=O)c2csc(Br)c2)cc1. The van der Waals surface area contributed by atoms with Crippen molar-refractivity contribution in [2.45, 2.75) is 6.54 Å². The van der Waals surface area contributed by atoms with E-state index < -0.39 is 0 Å². The molecule has 0 saturated heterocycles. The third kappa shape index (κ3) is 3.81. The number of anilines is 1. The zero-order chi connectivity index (χ0) is 13.8. The van der Waals surface area contributed by atoms with Crippen LogP contribution in [0.5, 0.6) is 0 Å². The van der Waals surface area contributed by atoms with Gasteiger partial charge in [-0.25, -0.2) is 0 Å². The van der Waals surface area contributed by atoms with E-state index in [1.165, 1.54) is 11.3 Å². The van der Waals surface area contributed by atoms with Crippen LogP contribution in [-0.4, -0.2) is 20.0 Å². The van der Waals surface area contributed by atoms with Gasteiger partial charge in [-0.15, -0.1) is 11.3 Å². The smallest absolute Gasteiger partial charge is 0.252 e. The fraction of sp³-hybridized carbons (Fsp3) is 0.214. The van der Waals surface area contributed by atoms with Crippen LogP contribution in [0.15, 0.2) is 39.5 Å². The summed E-state index contributed by atoms with van der Waals surface area (Å²) in [7, 11) is 4.01. The van der Waals surface area contributed by atoms with E-state index >= 15 is 0 Å². The van der Waals surface area contributed by atoms with Gasteiger partial charge < -0.3 is 10.2 Å². The molecule has 3 nitrogen and oxygen atoms in total. The van der Waals surface area contributed by atoms with Gasteiger partial charge in [0.05, 0.1) is 9.35 Å². The summed E-state index contributed by atoms with van der Waals surface area (Å²) in [5.74, 6) is -0.0429. The van der Waals surface area contributed by atoms with Gasteiger partial charge in [-0.05, 0) is 39.7 Å². The lowest BCUT2D eigenvalue weighted by molar-refractivity contribution is 0.0951. The highest BCUT2D eigenvalue weighted by atomic mass is 79.9. The number of nitrogens with one attached hydrogen (secondary N) is 1. The third-order valence-electron chi connectivity index (χ3n) is 2.74. The Kier molecular flexibility index (Phi) is 4.61. The Morgan fingerprint density at radius 3 is 2.53 bits per heavy atom. The predicted molar refractivity (Wildman–Crippen MR) is 84.0 cm³/mol. The summed E-state index contributed by atoms with van der Waals surface area (Å²) in [6.07, 6.45) is 0. The maximum Gasteiger partial charge on any atom is 0.252 e. The number of nitrogens with zero attached hydrogens (tertiary/aromatic N) is 1.